The topological polar surface area (TPSA) is 250 Å². The quantitative estimate of drug-likeness (QED) is 0.136. The molecular weight excluding hydrogens is 581 g/mol. The van der Waals surface area contributed by atoms with Gasteiger partial charge in [-0.15, -0.1) is 0 Å². The summed E-state index contributed by atoms with van der Waals surface area (Å²) in [7, 11) is -16.3. The maximum Gasteiger partial charge on any atom is 0.490 e. The highest BCUT2D eigenvalue weighted by Gasteiger charge is 2.47. The molecule has 1 aromatic rings. The Balaban J connectivity index is 3.12. The van der Waals surface area contributed by atoms with Gasteiger partial charge in [0.05, 0.1) is 12.8 Å². The number of alkyl halides is 2. The van der Waals surface area contributed by atoms with Gasteiger partial charge in [0.1, 0.15) is 11.7 Å². The number of halogens is 3. The van der Waals surface area contributed by atoms with Crippen LogP contribution < -0.4 is 11.4 Å². The van der Waals surface area contributed by atoms with E-state index in [2.05, 4.69) is 34.1 Å². The lowest BCUT2D eigenvalue weighted by Gasteiger charge is -2.36. The molecule has 0 radical (unpaired) electrons. The number of anilines is 1. The summed E-state index contributed by atoms with van der Waals surface area (Å²) in [6.07, 6.45) is -4.94. The van der Waals surface area contributed by atoms with Crippen molar-refractivity contribution in [1.82, 2.24) is 9.55 Å². The number of aliphatic hydroxyl groups excluding tert-OH is 1. The zero-order valence-electron chi connectivity index (χ0n) is 15.6. The van der Waals surface area contributed by atoms with E-state index >= 15 is 0 Å². The van der Waals surface area contributed by atoms with Gasteiger partial charge in [0.25, 0.3) is 0 Å². The van der Waals surface area contributed by atoms with Crippen molar-refractivity contribution < 1.29 is 65.0 Å². The van der Waals surface area contributed by atoms with Crippen molar-refractivity contribution in [2.75, 3.05) is 24.8 Å². The molecule has 5 atom stereocenters. The van der Waals surface area contributed by atoms with E-state index in [1.165, 1.54) is 0 Å². The minimum atomic E-state index is -5.84. The number of hydrogen-bond donors (Lipinski definition) is 6. The zero-order valence-corrected chi connectivity index (χ0v) is 19.9. The lowest BCUT2D eigenvalue weighted by molar-refractivity contribution is -0.148. The van der Waals surface area contributed by atoms with Crippen molar-refractivity contribution in [3.63, 3.8) is 0 Å². The third kappa shape index (κ3) is 7.99. The van der Waals surface area contributed by atoms with Gasteiger partial charge in [0.2, 0.25) is 6.30 Å². The summed E-state index contributed by atoms with van der Waals surface area (Å²) in [5, 5.41) is 9.78. The molecule has 22 heteroatoms. The average molecular weight is 598 g/mol. The molecule has 0 saturated heterocycles. The Kier molecular flexibility index (Phi) is 9.86. The summed E-state index contributed by atoms with van der Waals surface area (Å²) in [6.45, 7) is -1.29. The molecule has 0 aliphatic rings. The van der Waals surface area contributed by atoms with Gasteiger partial charge in [-0.1, -0.05) is 15.9 Å². The Labute approximate surface area is 185 Å². The van der Waals surface area contributed by atoms with Crippen molar-refractivity contribution in [2.45, 2.75) is 18.0 Å². The summed E-state index contributed by atoms with van der Waals surface area (Å²) in [5.74, 6) is -2.16. The highest BCUT2D eigenvalue weighted by Crippen LogP contribution is 2.66. The third-order valence-corrected chi connectivity index (χ3v) is 8.25. The first-order chi connectivity index (χ1) is 14.4. The Morgan fingerprint density at radius 2 is 1.81 bits per heavy atom. The van der Waals surface area contributed by atoms with E-state index < -0.39 is 70.7 Å². The summed E-state index contributed by atoms with van der Waals surface area (Å²) in [6, 6.07) is 0. The fourth-order valence-corrected chi connectivity index (χ4v) is 5.77. The predicted molar refractivity (Wildman–Crippen MR) is 102 cm³/mol. The van der Waals surface area contributed by atoms with Gasteiger partial charge in [-0.3, -0.25) is 9.09 Å². The first-order valence-corrected chi connectivity index (χ1v) is 13.3. The van der Waals surface area contributed by atoms with Gasteiger partial charge in [-0.2, -0.15) is 13.6 Å². The average Bonchev–Trinajstić information content (AvgIpc) is 2.62. The SMILES string of the molecule is CO[C@](CBr)(COP(=O)(O)OP(=O)(O)OP(=O)(O)O)[C@@H](O)[C@H](F)n1cc(F)c(N)nc1=O. The van der Waals surface area contributed by atoms with E-state index in [4.69, 9.17) is 25.2 Å². The second-order valence-electron chi connectivity index (χ2n) is 5.75. The van der Waals surface area contributed by atoms with E-state index in [1.54, 1.807) is 0 Å². The lowest BCUT2D eigenvalue weighted by atomic mass is 9.99. The van der Waals surface area contributed by atoms with Crippen molar-refractivity contribution in [3.05, 3.63) is 22.5 Å². The number of ether oxygens (including phenoxy) is 1. The molecule has 0 aliphatic heterocycles. The van der Waals surface area contributed by atoms with Gasteiger partial charge in [-0.25, -0.2) is 27.3 Å². The summed E-state index contributed by atoms with van der Waals surface area (Å²) >= 11 is 2.82. The molecule has 0 aliphatic carbocycles. The fraction of sp³-hybridized carbons (Fsp3) is 0.600. The van der Waals surface area contributed by atoms with Crippen LogP contribution in [0.25, 0.3) is 0 Å². The van der Waals surface area contributed by atoms with Crippen molar-refractivity contribution in [3.8, 4) is 0 Å². The Hall–Kier alpha value is -0.650. The molecule has 0 amide bonds. The molecule has 2 unspecified atom stereocenters. The molecule has 7 N–H and O–H groups in total. The van der Waals surface area contributed by atoms with E-state index in [0.29, 0.717) is 0 Å². The Bertz CT molecular complexity index is 1020. The smallest absolute Gasteiger partial charge is 0.385 e. The molecular formula is C10H17BrF2N3O13P3. The normalized spacial score (nSPS) is 20.0. The van der Waals surface area contributed by atoms with Crippen molar-refractivity contribution >= 4 is 45.2 Å². The molecule has 32 heavy (non-hydrogen) atoms. The van der Waals surface area contributed by atoms with Crippen LogP contribution in [0, 0.1) is 5.82 Å². The van der Waals surface area contributed by atoms with Crippen LogP contribution in [0.4, 0.5) is 14.6 Å². The van der Waals surface area contributed by atoms with Gasteiger partial charge in [0.15, 0.2) is 11.6 Å². The van der Waals surface area contributed by atoms with Crippen LogP contribution in [-0.4, -0.2) is 65.0 Å². The monoisotopic (exact) mass is 597 g/mol. The van der Waals surface area contributed by atoms with Crippen molar-refractivity contribution in [1.29, 1.82) is 0 Å². The van der Waals surface area contributed by atoms with Crippen LogP contribution in [0.1, 0.15) is 6.30 Å². The number of nitrogens with zero attached hydrogens (tertiary/aromatic N) is 2. The van der Waals surface area contributed by atoms with Crippen LogP contribution >= 0.6 is 39.4 Å². The Morgan fingerprint density at radius 1 is 1.25 bits per heavy atom. The molecule has 0 aromatic carbocycles. The van der Waals surface area contributed by atoms with E-state index in [1.807, 2.05) is 0 Å². The van der Waals surface area contributed by atoms with Crippen LogP contribution in [0.3, 0.4) is 0 Å². The number of nitrogens with two attached hydrogens (primary N) is 1. The summed E-state index contributed by atoms with van der Waals surface area (Å²) < 4.78 is 78.5. The van der Waals surface area contributed by atoms with Crippen LogP contribution in [-0.2, 0) is 31.6 Å². The maximum atomic E-state index is 14.8. The number of aliphatic hydroxyl groups is 1. The summed E-state index contributed by atoms with van der Waals surface area (Å²) in [4.78, 5) is 50.4. The number of methoxy groups -OCH3 is 1. The molecule has 1 aromatic heterocycles. The summed E-state index contributed by atoms with van der Waals surface area (Å²) in [5.41, 5.74) is 1.33. The minimum absolute atomic E-state index is 0.00236. The number of rotatable bonds is 12. The predicted octanol–water partition coefficient (Wildman–Crippen LogP) is -0.0830. The van der Waals surface area contributed by atoms with E-state index in [-0.39, 0.29) is 10.8 Å². The Morgan fingerprint density at radius 3 is 2.28 bits per heavy atom. The van der Waals surface area contributed by atoms with Crippen LogP contribution in [0.15, 0.2) is 11.0 Å². The fourth-order valence-electron chi connectivity index (χ4n) is 1.97. The van der Waals surface area contributed by atoms with Crippen LogP contribution in [0.2, 0.25) is 0 Å². The molecule has 0 saturated carbocycles. The van der Waals surface area contributed by atoms with E-state index in [9.17, 15) is 37.3 Å². The molecule has 0 bridgehead atoms. The molecule has 1 heterocycles. The maximum absolute atomic E-state index is 14.8. The highest BCUT2D eigenvalue weighted by molar-refractivity contribution is 9.09. The van der Waals surface area contributed by atoms with Crippen LogP contribution in [0.5, 0.6) is 0 Å². The molecule has 16 nitrogen and oxygen atoms in total. The number of hydrogen-bond acceptors (Lipinski definition) is 11. The zero-order chi connectivity index (χ0) is 25.1. The molecule has 0 fully saturated rings. The van der Waals surface area contributed by atoms with Gasteiger partial charge in [0, 0.05) is 12.4 Å². The highest BCUT2D eigenvalue weighted by atomic mass is 79.9. The largest absolute Gasteiger partial charge is 0.490 e. The molecule has 186 valence electrons. The third-order valence-electron chi connectivity index (χ3n) is 3.52. The van der Waals surface area contributed by atoms with Gasteiger partial charge in [-0.05, 0) is 0 Å². The number of phosphoric acid groups is 3. The molecule has 0 spiro atoms. The van der Waals surface area contributed by atoms with Gasteiger partial charge < -0.3 is 35.2 Å². The number of nitrogen functional groups attached to an aromatic ring is 1. The molecule has 1 rings (SSSR count). The first-order valence-electron chi connectivity index (χ1n) is 7.64. The number of phosphoric ester groups is 1. The number of aromatic nitrogens is 2. The second kappa shape index (κ2) is 10.7. The van der Waals surface area contributed by atoms with Crippen molar-refractivity contribution in [2.24, 2.45) is 0 Å². The second-order valence-corrected chi connectivity index (χ2v) is 10.7. The minimum Gasteiger partial charge on any atom is -0.385 e. The standard InChI is InChI=1S/C10H17BrF2N3O13P3/c1-26-10(3-11,4-27-31(22,23)29-32(24,25)28-30(19,20)21)6(17)7(13)16-2-5(12)8(14)15-9(16)18/h2,6-7,17H,3-4H2,1H3,(H,22,23)(H,24,25)(H2,14,15,18)(H2,19,20,21)/t6-,7+,10+/m0/s1. The van der Waals surface area contributed by atoms with E-state index in [0.717, 1.165) is 7.11 Å². The first kappa shape index (κ1) is 29.4. The van der Waals surface area contributed by atoms with Gasteiger partial charge >= 0.3 is 29.2 Å². The lowest BCUT2D eigenvalue weighted by Crippen LogP contribution is -2.53.